The summed E-state index contributed by atoms with van der Waals surface area (Å²) in [5, 5.41) is 7.59. The fraction of sp³-hybridized carbons (Fsp3) is 0.333. The Labute approximate surface area is 95.3 Å². The second kappa shape index (κ2) is 4.90. The highest BCUT2D eigenvalue weighted by molar-refractivity contribution is 5.14. The van der Waals surface area contributed by atoms with E-state index in [0.29, 0.717) is 6.04 Å². The molecule has 1 atom stereocenters. The highest BCUT2D eigenvalue weighted by atomic mass is 15.3. The SMILES string of the molecule is C[C@H](NCc1ccnn1C)c1ccncc1. The Morgan fingerprint density at radius 1 is 1.25 bits per heavy atom. The number of aryl methyl sites for hydroxylation is 1. The lowest BCUT2D eigenvalue weighted by Gasteiger charge is -2.13. The minimum absolute atomic E-state index is 0.318. The van der Waals surface area contributed by atoms with Gasteiger partial charge in [-0.3, -0.25) is 9.67 Å². The van der Waals surface area contributed by atoms with E-state index in [4.69, 9.17) is 0 Å². The maximum Gasteiger partial charge on any atom is 0.0518 e. The van der Waals surface area contributed by atoms with Crippen molar-refractivity contribution in [3.05, 3.63) is 48.0 Å². The molecule has 16 heavy (non-hydrogen) atoms. The zero-order chi connectivity index (χ0) is 11.4. The fourth-order valence-electron chi connectivity index (χ4n) is 1.60. The quantitative estimate of drug-likeness (QED) is 0.845. The van der Waals surface area contributed by atoms with Crippen LogP contribution >= 0.6 is 0 Å². The highest BCUT2D eigenvalue weighted by Crippen LogP contribution is 2.10. The Balaban J connectivity index is 1.94. The van der Waals surface area contributed by atoms with E-state index in [1.807, 2.05) is 48.5 Å². The molecule has 1 N–H and O–H groups in total. The van der Waals surface area contributed by atoms with Crippen molar-refractivity contribution in [3.63, 3.8) is 0 Å². The van der Waals surface area contributed by atoms with Crippen LogP contribution in [-0.2, 0) is 13.6 Å². The standard InChI is InChI=1S/C12H16N4/c1-10(11-3-6-13-7-4-11)14-9-12-5-8-15-16(12)2/h3-8,10,14H,9H2,1-2H3/t10-/m0/s1. The van der Waals surface area contributed by atoms with E-state index in [2.05, 4.69) is 22.3 Å². The smallest absolute Gasteiger partial charge is 0.0518 e. The third-order valence-corrected chi connectivity index (χ3v) is 2.72. The molecule has 2 heterocycles. The van der Waals surface area contributed by atoms with E-state index in [9.17, 15) is 0 Å². The minimum atomic E-state index is 0.318. The summed E-state index contributed by atoms with van der Waals surface area (Å²) in [6.07, 6.45) is 5.45. The van der Waals surface area contributed by atoms with Gasteiger partial charge in [-0.15, -0.1) is 0 Å². The summed E-state index contributed by atoms with van der Waals surface area (Å²) in [4.78, 5) is 4.01. The zero-order valence-electron chi connectivity index (χ0n) is 9.59. The summed E-state index contributed by atoms with van der Waals surface area (Å²) in [6, 6.07) is 6.39. The van der Waals surface area contributed by atoms with Crippen LogP contribution in [0.4, 0.5) is 0 Å². The molecule has 0 radical (unpaired) electrons. The number of hydrogen-bond donors (Lipinski definition) is 1. The minimum Gasteiger partial charge on any atom is -0.305 e. The molecule has 0 aliphatic carbocycles. The predicted molar refractivity (Wildman–Crippen MR) is 62.7 cm³/mol. The van der Waals surface area contributed by atoms with Crippen LogP contribution in [0.25, 0.3) is 0 Å². The Bertz CT molecular complexity index is 435. The van der Waals surface area contributed by atoms with Crippen LogP contribution in [0, 0.1) is 0 Å². The van der Waals surface area contributed by atoms with Crippen molar-refractivity contribution in [1.29, 1.82) is 0 Å². The lowest BCUT2D eigenvalue weighted by atomic mass is 10.1. The van der Waals surface area contributed by atoms with Gasteiger partial charge in [0.2, 0.25) is 0 Å². The van der Waals surface area contributed by atoms with Crippen LogP contribution in [0.15, 0.2) is 36.8 Å². The summed E-state index contributed by atoms with van der Waals surface area (Å²) < 4.78 is 1.88. The fourth-order valence-corrected chi connectivity index (χ4v) is 1.60. The van der Waals surface area contributed by atoms with Crippen LogP contribution in [0.3, 0.4) is 0 Å². The third kappa shape index (κ3) is 2.46. The van der Waals surface area contributed by atoms with Crippen LogP contribution in [-0.4, -0.2) is 14.8 Å². The van der Waals surface area contributed by atoms with E-state index in [-0.39, 0.29) is 0 Å². The van der Waals surface area contributed by atoms with Crippen molar-refractivity contribution in [2.75, 3.05) is 0 Å². The number of nitrogens with zero attached hydrogens (tertiary/aromatic N) is 3. The molecule has 2 rings (SSSR count). The molecule has 0 unspecified atom stereocenters. The summed E-state index contributed by atoms with van der Waals surface area (Å²) in [6.45, 7) is 2.96. The van der Waals surface area contributed by atoms with E-state index in [0.717, 1.165) is 6.54 Å². The van der Waals surface area contributed by atoms with Crippen LogP contribution in [0.1, 0.15) is 24.2 Å². The highest BCUT2D eigenvalue weighted by Gasteiger charge is 2.05. The maximum absolute atomic E-state index is 4.13. The molecule has 84 valence electrons. The second-order valence-corrected chi connectivity index (χ2v) is 3.83. The normalized spacial score (nSPS) is 12.6. The first-order chi connectivity index (χ1) is 7.77. The first kappa shape index (κ1) is 10.8. The van der Waals surface area contributed by atoms with Crippen molar-refractivity contribution in [2.24, 2.45) is 7.05 Å². The molecule has 0 amide bonds. The molecule has 4 heteroatoms. The average Bonchev–Trinajstić information content (AvgIpc) is 2.73. The molecule has 4 nitrogen and oxygen atoms in total. The summed E-state index contributed by atoms with van der Waals surface area (Å²) in [5.74, 6) is 0. The third-order valence-electron chi connectivity index (χ3n) is 2.72. The van der Waals surface area contributed by atoms with Crippen molar-refractivity contribution >= 4 is 0 Å². The van der Waals surface area contributed by atoms with E-state index in [1.165, 1.54) is 11.3 Å². The van der Waals surface area contributed by atoms with Crippen LogP contribution in [0.5, 0.6) is 0 Å². The predicted octanol–water partition coefficient (Wildman–Crippen LogP) is 1.67. The van der Waals surface area contributed by atoms with Crippen LogP contribution < -0.4 is 5.32 Å². The van der Waals surface area contributed by atoms with Gasteiger partial charge in [-0.25, -0.2) is 0 Å². The van der Waals surface area contributed by atoms with Gasteiger partial charge in [0.15, 0.2) is 0 Å². The molecule has 0 aromatic carbocycles. The summed E-state index contributed by atoms with van der Waals surface area (Å²) in [7, 11) is 1.95. The number of rotatable bonds is 4. The van der Waals surface area contributed by atoms with Gasteiger partial charge in [-0.05, 0) is 30.7 Å². The molecule has 2 aromatic heterocycles. The van der Waals surface area contributed by atoms with Crippen molar-refractivity contribution < 1.29 is 0 Å². The molecule has 0 saturated heterocycles. The first-order valence-electron chi connectivity index (χ1n) is 5.37. The molecule has 0 fully saturated rings. The van der Waals surface area contributed by atoms with Crippen LogP contribution in [0.2, 0.25) is 0 Å². The second-order valence-electron chi connectivity index (χ2n) is 3.83. The first-order valence-corrected chi connectivity index (χ1v) is 5.37. The van der Waals surface area contributed by atoms with Crippen molar-refractivity contribution in [3.8, 4) is 0 Å². The summed E-state index contributed by atoms with van der Waals surface area (Å²) >= 11 is 0. The van der Waals surface area contributed by atoms with E-state index < -0.39 is 0 Å². The summed E-state index contributed by atoms with van der Waals surface area (Å²) in [5.41, 5.74) is 2.43. The Morgan fingerprint density at radius 2 is 2.00 bits per heavy atom. The zero-order valence-corrected chi connectivity index (χ0v) is 9.59. The lowest BCUT2D eigenvalue weighted by Crippen LogP contribution is -2.19. The molecule has 0 bridgehead atoms. The number of nitrogens with one attached hydrogen (secondary N) is 1. The van der Waals surface area contributed by atoms with Gasteiger partial charge in [0.1, 0.15) is 0 Å². The van der Waals surface area contributed by atoms with E-state index in [1.54, 1.807) is 0 Å². The molecule has 2 aromatic rings. The Hall–Kier alpha value is -1.68. The van der Waals surface area contributed by atoms with Gasteiger partial charge in [0.05, 0.1) is 5.69 Å². The molecular weight excluding hydrogens is 200 g/mol. The van der Waals surface area contributed by atoms with Gasteiger partial charge >= 0.3 is 0 Å². The molecule has 0 aliphatic rings. The van der Waals surface area contributed by atoms with E-state index >= 15 is 0 Å². The van der Waals surface area contributed by atoms with Gasteiger partial charge in [-0.1, -0.05) is 0 Å². The van der Waals surface area contributed by atoms with Gasteiger partial charge in [0.25, 0.3) is 0 Å². The molecule has 0 spiro atoms. The molecule has 0 aliphatic heterocycles. The van der Waals surface area contributed by atoms with Crippen molar-refractivity contribution in [2.45, 2.75) is 19.5 Å². The van der Waals surface area contributed by atoms with Gasteiger partial charge in [-0.2, -0.15) is 5.10 Å². The number of hydrogen-bond acceptors (Lipinski definition) is 3. The lowest BCUT2D eigenvalue weighted by molar-refractivity contribution is 0.548. The monoisotopic (exact) mass is 216 g/mol. The topological polar surface area (TPSA) is 42.7 Å². The van der Waals surface area contributed by atoms with Gasteiger partial charge < -0.3 is 5.32 Å². The largest absolute Gasteiger partial charge is 0.305 e. The maximum atomic E-state index is 4.13. The number of aromatic nitrogens is 3. The van der Waals surface area contributed by atoms with Gasteiger partial charge in [0, 0.05) is 38.2 Å². The van der Waals surface area contributed by atoms with Crippen molar-refractivity contribution in [1.82, 2.24) is 20.1 Å². The Kier molecular flexibility index (Phi) is 3.31. The molecule has 0 saturated carbocycles. The average molecular weight is 216 g/mol. The number of pyridine rings is 1. The molecular formula is C12H16N4. The Morgan fingerprint density at radius 3 is 2.62 bits per heavy atom.